The molecule has 0 amide bonds. The van der Waals surface area contributed by atoms with Crippen molar-refractivity contribution in [1.29, 1.82) is 0 Å². The molecule has 0 aliphatic carbocycles. The van der Waals surface area contributed by atoms with Gasteiger partial charge in [-0.2, -0.15) is 0 Å². The monoisotopic (exact) mass is 834 g/mol. The standard InChI is InChI=1S/C44H34N8O6.Zn/c1-43(2)55-31-29(54-42-33(32(31)56-43)57-44(3,4)58-42)20-53-28-19-11-18-27-30(28)41-51-39-26-17-10-9-16-25(26)37(49-39)47-35-22-13-6-5-12-21(22)34(45-35)46-36-23-14-7-8-15-24(23)38(48-36)50-40(27)52-41;/h5-19,29,31-33,42H,20H2,1-4H3;/q-2;+2/t29-,31+,32+,33-,42-;/m1./s1. The van der Waals surface area contributed by atoms with Gasteiger partial charge in [0.25, 0.3) is 0 Å². The Morgan fingerprint density at radius 1 is 0.508 bits per heavy atom. The van der Waals surface area contributed by atoms with Crippen LogP contribution >= 0.6 is 0 Å². The van der Waals surface area contributed by atoms with Crippen molar-refractivity contribution in [1.82, 2.24) is 39.9 Å². The molecular formula is C44H34N8O6Zn. The summed E-state index contributed by atoms with van der Waals surface area (Å²) in [5.41, 5.74) is 4.98. The zero-order valence-electron chi connectivity index (χ0n) is 32.5. The van der Waals surface area contributed by atoms with Gasteiger partial charge in [-0.3, -0.25) is 0 Å². The van der Waals surface area contributed by atoms with Gasteiger partial charge in [0, 0.05) is 39.3 Å². The molecule has 0 spiro atoms. The summed E-state index contributed by atoms with van der Waals surface area (Å²) in [5.74, 6) is 0.657. The van der Waals surface area contributed by atoms with Crippen molar-refractivity contribution < 1.29 is 47.9 Å². The van der Waals surface area contributed by atoms with E-state index in [1.54, 1.807) is 0 Å². The van der Waals surface area contributed by atoms with Gasteiger partial charge in [0.2, 0.25) is 0 Å². The zero-order valence-corrected chi connectivity index (χ0v) is 35.5. The van der Waals surface area contributed by atoms with E-state index in [-0.39, 0.29) is 26.1 Å². The van der Waals surface area contributed by atoms with Gasteiger partial charge in [-0.15, -0.1) is 0 Å². The molecule has 4 aromatic carbocycles. The summed E-state index contributed by atoms with van der Waals surface area (Å²) in [4.78, 5) is 40.3. The van der Waals surface area contributed by atoms with Crippen molar-refractivity contribution in [2.75, 3.05) is 6.61 Å². The van der Waals surface area contributed by atoms with Crippen LogP contribution in [0.3, 0.4) is 0 Å². The van der Waals surface area contributed by atoms with Crippen molar-refractivity contribution in [3.63, 3.8) is 0 Å². The van der Waals surface area contributed by atoms with Crippen molar-refractivity contribution in [2.45, 2.75) is 70.0 Å². The predicted molar refractivity (Wildman–Crippen MR) is 212 cm³/mol. The normalized spacial score (nSPS) is 23.3. The van der Waals surface area contributed by atoms with Crippen molar-refractivity contribution in [2.24, 2.45) is 0 Å². The molecule has 5 aliphatic heterocycles. The Morgan fingerprint density at radius 2 is 0.966 bits per heavy atom. The van der Waals surface area contributed by atoms with Gasteiger partial charge in [0.15, 0.2) is 17.9 Å². The van der Waals surface area contributed by atoms with E-state index >= 15 is 0 Å². The second kappa shape index (κ2) is 13.2. The van der Waals surface area contributed by atoms with Crippen LogP contribution in [0.15, 0.2) is 91.0 Å². The van der Waals surface area contributed by atoms with Crippen LogP contribution in [0.25, 0.3) is 89.7 Å². The maximum absolute atomic E-state index is 6.69. The first-order chi connectivity index (χ1) is 28.1. The quantitative estimate of drug-likeness (QED) is 0.169. The first kappa shape index (κ1) is 36.5. The average molecular weight is 836 g/mol. The second-order valence-corrected chi connectivity index (χ2v) is 15.8. The Balaban J connectivity index is 0.00000397. The summed E-state index contributed by atoms with van der Waals surface area (Å²) in [6.07, 6.45) is -2.53. The van der Waals surface area contributed by atoms with Crippen LogP contribution in [-0.2, 0) is 43.2 Å². The molecule has 0 radical (unpaired) electrons. The van der Waals surface area contributed by atoms with Gasteiger partial charge >= 0.3 is 19.5 Å². The van der Waals surface area contributed by atoms with Gasteiger partial charge in [0.1, 0.15) is 36.8 Å². The Labute approximate surface area is 349 Å². The van der Waals surface area contributed by atoms with E-state index in [1.807, 2.05) is 119 Å². The number of ether oxygens (including phenoxy) is 6. The summed E-state index contributed by atoms with van der Waals surface area (Å²) in [6.45, 7) is 7.61. The maximum atomic E-state index is 6.69. The fourth-order valence-corrected chi connectivity index (χ4v) is 8.64. The topological polar surface area (TPSA) is 161 Å². The Morgan fingerprint density at radius 3 is 1.56 bits per heavy atom. The SMILES string of the molecule is CC1(C)O[C@H]2[C@@H](O1)[C@@H](COc1cccc3c1-c1nc-3nc3[n-]c(nc4nc(nc5[n-]c(n1)c1ccccc51)-c1ccccc1-4)c1ccccc31)O[C@@H]1OC(C)(C)O[C@@H]12.[Zn+2]. The van der Waals surface area contributed by atoms with Gasteiger partial charge in [0.05, 0.1) is 28.9 Å². The van der Waals surface area contributed by atoms with Crippen LogP contribution in [0.2, 0.25) is 0 Å². The summed E-state index contributed by atoms with van der Waals surface area (Å²) < 4.78 is 38.3. The zero-order chi connectivity index (χ0) is 38.9. The minimum Gasteiger partial charge on any atom is -0.490 e. The molecule has 288 valence electrons. The predicted octanol–water partition coefficient (Wildman–Crippen LogP) is 6.90. The van der Waals surface area contributed by atoms with Gasteiger partial charge < -0.3 is 58.3 Å². The molecule has 8 bridgehead atoms. The van der Waals surface area contributed by atoms with E-state index in [9.17, 15) is 0 Å². The first-order valence-electron chi connectivity index (χ1n) is 19.3. The summed E-state index contributed by atoms with van der Waals surface area (Å²) in [6, 6.07) is 29.4. The summed E-state index contributed by atoms with van der Waals surface area (Å²) >= 11 is 0. The molecule has 8 heterocycles. The molecule has 0 unspecified atom stereocenters. The molecule has 12 rings (SSSR count). The van der Waals surface area contributed by atoms with Crippen LogP contribution in [0.4, 0.5) is 0 Å². The Hall–Kier alpha value is -5.54. The van der Waals surface area contributed by atoms with Crippen LogP contribution in [0, 0.1) is 0 Å². The molecule has 14 nitrogen and oxygen atoms in total. The molecule has 3 saturated heterocycles. The number of benzene rings is 4. The number of hydrogen-bond donors (Lipinski definition) is 0. The molecular weight excluding hydrogens is 802 g/mol. The van der Waals surface area contributed by atoms with Crippen LogP contribution < -0.4 is 14.7 Å². The molecule has 5 atom stereocenters. The number of aromatic nitrogens is 8. The van der Waals surface area contributed by atoms with Crippen LogP contribution in [0.5, 0.6) is 5.75 Å². The molecule has 0 N–H and O–H groups in total. The third-order valence-electron chi connectivity index (χ3n) is 11.1. The largest absolute Gasteiger partial charge is 2.00 e. The minimum absolute atomic E-state index is 0. The third-order valence-corrected chi connectivity index (χ3v) is 11.1. The number of fused-ring (bicyclic) bond motifs is 23. The third kappa shape index (κ3) is 5.90. The fourth-order valence-electron chi connectivity index (χ4n) is 8.64. The smallest absolute Gasteiger partial charge is 0.490 e. The molecule has 59 heavy (non-hydrogen) atoms. The molecule has 7 aromatic rings. The number of rotatable bonds is 3. The minimum atomic E-state index is -0.847. The van der Waals surface area contributed by atoms with E-state index in [2.05, 4.69) is 0 Å². The Bertz CT molecular complexity index is 3030. The first-order valence-corrected chi connectivity index (χ1v) is 19.3. The second-order valence-electron chi connectivity index (χ2n) is 15.8. The van der Waals surface area contributed by atoms with E-state index < -0.39 is 42.3 Å². The van der Waals surface area contributed by atoms with Crippen molar-refractivity contribution >= 4 is 44.1 Å². The van der Waals surface area contributed by atoms with E-state index in [1.165, 1.54) is 0 Å². The van der Waals surface area contributed by atoms with Crippen molar-refractivity contribution in [3.05, 3.63) is 91.0 Å². The van der Waals surface area contributed by atoms with E-state index in [0.717, 1.165) is 38.2 Å². The molecule has 5 aliphatic rings. The van der Waals surface area contributed by atoms with E-state index in [4.69, 9.17) is 68.3 Å². The maximum Gasteiger partial charge on any atom is 2.00 e. The van der Waals surface area contributed by atoms with Gasteiger partial charge in [-0.25, -0.2) is 9.97 Å². The molecule has 0 saturated carbocycles. The van der Waals surface area contributed by atoms with Gasteiger partial charge in [-0.05, 0) is 55.3 Å². The number of nitrogens with zero attached hydrogens (tertiary/aromatic N) is 8. The number of hydrogen-bond acceptors (Lipinski definition) is 12. The molecule has 3 fully saturated rings. The van der Waals surface area contributed by atoms with Crippen molar-refractivity contribution in [3.8, 4) is 51.3 Å². The fraction of sp³-hybridized carbons (Fsp3) is 0.273. The average Bonchev–Trinajstić information content (AvgIpc) is 4.05. The summed E-state index contributed by atoms with van der Waals surface area (Å²) in [7, 11) is 0. The molecule has 15 heteroatoms. The van der Waals surface area contributed by atoms with E-state index in [0.29, 0.717) is 57.2 Å². The summed E-state index contributed by atoms with van der Waals surface area (Å²) in [5, 5.41) is 3.30. The van der Waals surface area contributed by atoms with Crippen LogP contribution in [0.1, 0.15) is 27.7 Å². The Kier molecular flexibility index (Phi) is 8.20. The van der Waals surface area contributed by atoms with Crippen LogP contribution in [-0.4, -0.2) is 78.8 Å². The van der Waals surface area contributed by atoms with Gasteiger partial charge in [-0.1, -0.05) is 84.9 Å². The molecule has 3 aromatic heterocycles.